The highest BCUT2D eigenvalue weighted by atomic mass is 32.2. The van der Waals surface area contributed by atoms with Gasteiger partial charge in [-0.1, -0.05) is 51.3 Å². The van der Waals surface area contributed by atoms with Crippen LogP contribution in [0, 0.1) is 38.7 Å². The number of carbonyl (C=O) groups is 2. The van der Waals surface area contributed by atoms with Crippen LogP contribution < -0.4 is 21.4 Å². The predicted molar refractivity (Wildman–Crippen MR) is 167 cm³/mol. The molecule has 3 aliphatic carbocycles. The molecule has 1 aromatic rings. The van der Waals surface area contributed by atoms with Crippen molar-refractivity contribution in [3.8, 4) is 0 Å². The molecule has 5 N–H and O–H groups in total. The normalized spacial score (nSPS) is 26.2. The van der Waals surface area contributed by atoms with Gasteiger partial charge in [-0.05, 0) is 74.3 Å². The summed E-state index contributed by atoms with van der Waals surface area (Å²) in [7, 11) is -4.65. The number of sulfone groups is 1. The van der Waals surface area contributed by atoms with Gasteiger partial charge in [0.25, 0.3) is 5.96 Å². The Bertz CT molecular complexity index is 1380. The van der Waals surface area contributed by atoms with Gasteiger partial charge in [0.15, 0.2) is 14.9 Å². The van der Waals surface area contributed by atoms with Crippen LogP contribution in [-0.4, -0.2) is 74.3 Å². The van der Waals surface area contributed by atoms with E-state index in [9.17, 15) is 28.1 Å². The van der Waals surface area contributed by atoms with Crippen molar-refractivity contribution < 1.29 is 32.3 Å². The summed E-state index contributed by atoms with van der Waals surface area (Å²) >= 11 is 0. The molecule has 2 amide bonds. The first-order valence-electron chi connectivity index (χ1n) is 15.5. The van der Waals surface area contributed by atoms with Crippen LogP contribution in [0.4, 0.5) is 0 Å². The van der Waals surface area contributed by atoms with E-state index in [4.69, 9.17) is 14.7 Å². The van der Waals surface area contributed by atoms with Crippen molar-refractivity contribution in [1.29, 1.82) is 5.41 Å². The maximum Gasteiger partial charge on any atom is 0.481 e. The molecule has 0 aromatic heterocycles. The van der Waals surface area contributed by atoms with Gasteiger partial charge in [-0.15, -0.1) is 0 Å². The SMILES string of the molecule is CC(C)C[C@H](NC(=O)[C@H](CCCNC(=N)N[N+](=O)[O-])NC(=O)CS(=O)(=O)c1ccccc1)B1O[C@@H]2C[C@@H]3C[C@@H](C3(C)C)[C@]2(C)O1. The lowest BCUT2D eigenvalue weighted by Crippen LogP contribution is -2.65. The fourth-order valence-corrected chi connectivity index (χ4v) is 8.31. The second kappa shape index (κ2) is 13.6. The zero-order valence-corrected chi connectivity index (χ0v) is 27.3. The van der Waals surface area contributed by atoms with Gasteiger partial charge >= 0.3 is 7.12 Å². The second-order valence-corrected chi connectivity index (χ2v) is 15.6. The van der Waals surface area contributed by atoms with E-state index in [1.165, 1.54) is 12.1 Å². The number of guanidine groups is 1. The third-order valence-corrected chi connectivity index (χ3v) is 11.2. The number of nitrogens with one attached hydrogen (secondary N) is 5. The van der Waals surface area contributed by atoms with Crippen LogP contribution in [0.2, 0.25) is 0 Å². The molecule has 1 saturated heterocycles. The standard InChI is InChI=1S/C29H45BN6O8S/c1-18(2)14-24(30-43-23-16-19-15-22(28(19,3)4)29(23,5)44-30)34-26(38)21(12-9-13-32-27(31)35-36(39)40)33-25(37)17-45(41,42)20-10-7-6-8-11-20/h6-8,10-11,18-19,21-24H,9,12-17H2,1-5H3,(H,33,37)(H,34,38)(H3,31,32,35)/t19-,21-,22-,23+,24-,29-/m0/s1. The minimum absolute atomic E-state index is 0.00859. The van der Waals surface area contributed by atoms with E-state index in [2.05, 4.69) is 36.7 Å². The largest absolute Gasteiger partial charge is 0.481 e. The van der Waals surface area contributed by atoms with E-state index in [-0.39, 0.29) is 41.7 Å². The fourth-order valence-electron chi connectivity index (χ4n) is 7.14. The molecule has 0 unspecified atom stereocenters. The van der Waals surface area contributed by atoms with Crippen LogP contribution in [-0.2, 0) is 28.7 Å². The van der Waals surface area contributed by atoms with Crippen molar-refractivity contribution in [3.05, 3.63) is 40.4 Å². The van der Waals surface area contributed by atoms with Gasteiger partial charge in [-0.3, -0.25) is 15.0 Å². The molecular formula is C29H45BN6O8S. The van der Waals surface area contributed by atoms with E-state index >= 15 is 0 Å². The quantitative estimate of drug-likeness (QED) is 0.0495. The van der Waals surface area contributed by atoms with Crippen molar-refractivity contribution in [2.45, 2.75) is 95.3 Å². The van der Waals surface area contributed by atoms with Crippen LogP contribution in [0.5, 0.6) is 0 Å². The lowest BCUT2D eigenvalue weighted by atomic mass is 9.43. The monoisotopic (exact) mass is 648 g/mol. The zero-order valence-electron chi connectivity index (χ0n) is 26.5. The zero-order chi connectivity index (χ0) is 33.2. The molecule has 2 bridgehead atoms. The van der Waals surface area contributed by atoms with Gasteiger partial charge in [0.1, 0.15) is 11.8 Å². The van der Waals surface area contributed by atoms with E-state index in [1.807, 2.05) is 13.8 Å². The Balaban J connectivity index is 1.46. The van der Waals surface area contributed by atoms with E-state index in [1.54, 1.807) is 23.6 Å². The molecule has 1 heterocycles. The van der Waals surface area contributed by atoms with Gasteiger partial charge in [-0.2, -0.15) is 0 Å². The molecule has 3 saturated carbocycles. The first-order valence-corrected chi connectivity index (χ1v) is 17.1. The summed E-state index contributed by atoms with van der Waals surface area (Å²) in [6, 6.07) is 6.45. The van der Waals surface area contributed by atoms with Gasteiger partial charge in [0.2, 0.25) is 11.8 Å². The van der Waals surface area contributed by atoms with Crippen molar-refractivity contribution >= 4 is 34.7 Å². The molecule has 4 aliphatic rings. The third kappa shape index (κ3) is 7.95. The molecule has 45 heavy (non-hydrogen) atoms. The Morgan fingerprint density at radius 3 is 2.47 bits per heavy atom. The lowest BCUT2D eigenvalue weighted by Gasteiger charge is -2.64. The minimum atomic E-state index is -3.96. The second-order valence-electron chi connectivity index (χ2n) is 13.6. The maximum atomic E-state index is 13.8. The highest BCUT2D eigenvalue weighted by molar-refractivity contribution is 7.92. The summed E-state index contributed by atoms with van der Waals surface area (Å²) in [6.07, 6.45) is 2.74. The predicted octanol–water partition coefficient (Wildman–Crippen LogP) is 1.83. The third-order valence-electron chi connectivity index (χ3n) is 9.60. The molecule has 248 valence electrons. The highest BCUT2D eigenvalue weighted by Crippen LogP contribution is 2.65. The van der Waals surface area contributed by atoms with Crippen LogP contribution in [0.1, 0.15) is 66.7 Å². The Kier molecular flexibility index (Phi) is 10.5. The number of benzene rings is 1. The number of hydrogen-bond acceptors (Lipinski definition) is 9. The minimum Gasteiger partial charge on any atom is -0.404 e. The van der Waals surface area contributed by atoms with Crippen LogP contribution >= 0.6 is 0 Å². The van der Waals surface area contributed by atoms with Crippen molar-refractivity contribution in [2.75, 3.05) is 12.3 Å². The first-order chi connectivity index (χ1) is 21.0. The number of rotatable bonds is 14. The number of amides is 2. The molecule has 6 atom stereocenters. The summed E-state index contributed by atoms with van der Waals surface area (Å²) < 4.78 is 38.8. The highest BCUT2D eigenvalue weighted by Gasteiger charge is 2.68. The molecule has 14 nitrogen and oxygen atoms in total. The summed E-state index contributed by atoms with van der Waals surface area (Å²) in [5.41, 5.74) is 1.36. The molecule has 0 spiro atoms. The maximum absolute atomic E-state index is 13.8. The first kappa shape index (κ1) is 34.6. The van der Waals surface area contributed by atoms with Gasteiger partial charge in [0, 0.05) is 6.54 Å². The van der Waals surface area contributed by atoms with Crippen molar-refractivity contribution in [2.24, 2.45) is 23.2 Å². The van der Waals surface area contributed by atoms with Crippen LogP contribution in [0.15, 0.2) is 35.2 Å². The lowest BCUT2D eigenvalue weighted by molar-refractivity contribution is -0.525. The van der Waals surface area contributed by atoms with E-state index in [0.29, 0.717) is 18.3 Å². The molecule has 5 rings (SSSR count). The molecule has 16 heteroatoms. The van der Waals surface area contributed by atoms with E-state index in [0.717, 1.165) is 12.8 Å². The Labute approximate surface area is 264 Å². The smallest absolute Gasteiger partial charge is 0.404 e. The van der Waals surface area contributed by atoms with Crippen LogP contribution in [0.25, 0.3) is 0 Å². The number of hydrogen-bond donors (Lipinski definition) is 5. The Morgan fingerprint density at radius 2 is 1.84 bits per heavy atom. The summed E-state index contributed by atoms with van der Waals surface area (Å²) in [4.78, 5) is 37.3. The van der Waals surface area contributed by atoms with Crippen molar-refractivity contribution in [1.82, 2.24) is 21.4 Å². The summed E-state index contributed by atoms with van der Waals surface area (Å²) in [5.74, 6) is -2.20. The molecule has 4 fully saturated rings. The number of hydrazine groups is 1. The van der Waals surface area contributed by atoms with Gasteiger partial charge in [0.05, 0.1) is 22.5 Å². The Hall–Kier alpha value is -3.24. The summed E-state index contributed by atoms with van der Waals surface area (Å²) in [6.45, 7) is 10.8. The van der Waals surface area contributed by atoms with Crippen LogP contribution in [0.3, 0.4) is 0 Å². The summed E-state index contributed by atoms with van der Waals surface area (Å²) in [5, 5.41) is 25.4. The average molecular weight is 649 g/mol. The molecule has 1 aliphatic heterocycles. The average Bonchev–Trinajstić information content (AvgIpc) is 3.31. The fraction of sp³-hybridized carbons (Fsp3) is 0.690. The number of nitrogens with zero attached hydrogens (tertiary/aromatic N) is 1. The van der Waals surface area contributed by atoms with Gasteiger partial charge in [-0.25, -0.2) is 18.5 Å². The molecule has 1 aromatic carbocycles. The van der Waals surface area contributed by atoms with Gasteiger partial charge < -0.3 is 25.3 Å². The number of carbonyl (C=O) groups excluding carboxylic acids is 2. The van der Waals surface area contributed by atoms with E-state index < -0.39 is 63.1 Å². The van der Waals surface area contributed by atoms with Crippen molar-refractivity contribution in [3.63, 3.8) is 0 Å². The molecular weight excluding hydrogens is 603 g/mol. The topological polar surface area (TPSA) is 202 Å². The number of nitro groups is 1. The Morgan fingerprint density at radius 1 is 1.16 bits per heavy atom. The molecule has 0 radical (unpaired) electrons.